The molecule has 11 N–H and O–H groups in total. The molecule has 0 aromatic heterocycles. The molecule has 2 aliphatic heterocycles. The highest BCUT2D eigenvalue weighted by atomic mass is 16.7. The number of nitrogens with two attached hydrogens (primary N) is 1. The van der Waals surface area contributed by atoms with Gasteiger partial charge in [-0.2, -0.15) is 0 Å². The number of amides is 1. The molecule has 2 heterocycles. The molecule has 12 atom stereocenters. The van der Waals surface area contributed by atoms with E-state index in [0.717, 1.165) is 12.8 Å². The summed E-state index contributed by atoms with van der Waals surface area (Å²) in [5, 5.41) is 83.3. The van der Waals surface area contributed by atoms with Gasteiger partial charge >= 0.3 is 0 Å². The molecule has 0 unspecified atom stereocenters. The Labute approximate surface area is 220 Å². The summed E-state index contributed by atoms with van der Waals surface area (Å²) in [7, 11) is 0. The first-order valence-electron chi connectivity index (χ1n) is 12.6. The second kappa shape index (κ2) is 16.1. The van der Waals surface area contributed by atoms with Crippen molar-refractivity contribution in [1.82, 2.24) is 5.32 Å². The summed E-state index contributed by atoms with van der Waals surface area (Å²) >= 11 is 0. The number of ether oxygens (including phenoxy) is 4. The summed E-state index contributed by atoms with van der Waals surface area (Å²) in [6.45, 7) is 2.22. The van der Waals surface area contributed by atoms with Crippen molar-refractivity contribution in [2.45, 2.75) is 99.2 Å². The minimum absolute atomic E-state index is 0.200. The minimum atomic E-state index is -1.79. The number of nitrogens with one attached hydrogen (secondary N) is 1. The quantitative estimate of drug-likeness (QED) is 0.0673. The van der Waals surface area contributed by atoms with Gasteiger partial charge in [0.1, 0.15) is 48.8 Å². The molecule has 2 rings (SSSR count). The van der Waals surface area contributed by atoms with Crippen LogP contribution in [0.4, 0.5) is 0 Å². The average Bonchev–Trinajstić information content (AvgIpc) is 2.91. The van der Waals surface area contributed by atoms with Gasteiger partial charge in [-0.3, -0.25) is 4.79 Å². The van der Waals surface area contributed by atoms with Crippen LogP contribution in [0.25, 0.3) is 0 Å². The monoisotopic (exact) mass is 554 g/mol. The van der Waals surface area contributed by atoms with Gasteiger partial charge in [0.2, 0.25) is 5.91 Å². The Kier molecular flexibility index (Phi) is 13.9. The predicted molar refractivity (Wildman–Crippen MR) is 128 cm³/mol. The van der Waals surface area contributed by atoms with E-state index in [1.807, 2.05) is 0 Å². The van der Waals surface area contributed by atoms with Crippen molar-refractivity contribution in [1.29, 1.82) is 0 Å². The maximum atomic E-state index is 12.3. The molecule has 0 saturated carbocycles. The summed E-state index contributed by atoms with van der Waals surface area (Å²) in [6, 6.07) is -0.960. The Morgan fingerprint density at radius 2 is 1.55 bits per heavy atom. The molecule has 222 valence electrons. The number of carbonyl (C=O) groups excluding carboxylic acids is 1. The molecule has 15 heteroatoms. The zero-order chi connectivity index (χ0) is 28.4. The van der Waals surface area contributed by atoms with Gasteiger partial charge < -0.3 is 70.9 Å². The number of aliphatic hydroxyl groups excluding tert-OH is 8. The maximum absolute atomic E-state index is 12.3. The van der Waals surface area contributed by atoms with Crippen LogP contribution in [0.15, 0.2) is 12.7 Å². The molecule has 38 heavy (non-hydrogen) atoms. The normalized spacial score (nSPS) is 37.4. The van der Waals surface area contributed by atoms with Crippen molar-refractivity contribution in [3.8, 4) is 0 Å². The highest BCUT2D eigenvalue weighted by Gasteiger charge is 2.50. The summed E-state index contributed by atoms with van der Waals surface area (Å²) < 4.78 is 21.8. The van der Waals surface area contributed by atoms with Gasteiger partial charge in [0, 0.05) is 6.42 Å². The van der Waals surface area contributed by atoms with Gasteiger partial charge in [0.15, 0.2) is 12.6 Å². The third-order valence-electron chi connectivity index (χ3n) is 6.51. The van der Waals surface area contributed by atoms with Crippen LogP contribution < -0.4 is 11.1 Å². The molecule has 0 spiro atoms. The Balaban J connectivity index is 2.00. The predicted octanol–water partition coefficient (Wildman–Crippen LogP) is -4.82. The summed E-state index contributed by atoms with van der Waals surface area (Å²) in [5.41, 5.74) is 5.44. The molecule has 0 aromatic rings. The molecule has 0 radical (unpaired) electrons. The molecular weight excluding hydrogens is 512 g/mol. The molecule has 1 amide bonds. The van der Waals surface area contributed by atoms with Gasteiger partial charge in [-0.25, -0.2) is 0 Å². The van der Waals surface area contributed by atoms with Crippen LogP contribution in [-0.2, 0) is 23.7 Å². The third kappa shape index (κ3) is 8.59. The van der Waals surface area contributed by atoms with E-state index in [9.17, 15) is 45.6 Å². The zero-order valence-corrected chi connectivity index (χ0v) is 21.1. The number of rotatable bonds is 15. The Bertz CT molecular complexity index is 715. The molecular formula is C23H42N2O13. The fourth-order valence-corrected chi connectivity index (χ4v) is 4.17. The summed E-state index contributed by atoms with van der Waals surface area (Å²) in [5.74, 6) is -0.345. The van der Waals surface area contributed by atoms with Crippen molar-refractivity contribution >= 4 is 5.91 Å². The van der Waals surface area contributed by atoms with Crippen LogP contribution in [0.3, 0.4) is 0 Å². The van der Waals surface area contributed by atoms with Crippen molar-refractivity contribution < 1.29 is 64.6 Å². The lowest BCUT2D eigenvalue weighted by Gasteiger charge is -2.46. The number of aliphatic hydroxyl groups is 8. The Hall–Kier alpha value is -1.31. The van der Waals surface area contributed by atoms with Crippen LogP contribution in [0.2, 0.25) is 0 Å². The van der Waals surface area contributed by atoms with Crippen LogP contribution in [-0.4, -0.2) is 147 Å². The lowest BCUT2D eigenvalue weighted by Crippen LogP contribution is -2.65. The van der Waals surface area contributed by atoms with Crippen molar-refractivity contribution in [3.05, 3.63) is 12.7 Å². The number of unbranched alkanes of at least 4 members (excludes halogenated alkanes) is 2. The van der Waals surface area contributed by atoms with Crippen LogP contribution in [0.5, 0.6) is 0 Å². The van der Waals surface area contributed by atoms with Gasteiger partial charge in [0.25, 0.3) is 0 Å². The second-order valence-electron chi connectivity index (χ2n) is 9.34. The van der Waals surface area contributed by atoms with E-state index in [-0.39, 0.29) is 18.9 Å². The topological polar surface area (TPSA) is 254 Å². The van der Waals surface area contributed by atoms with E-state index in [1.54, 1.807) is 0 Å². The van der Waals surface area contributed by atoms with Crippen LogP contribution >= 0.6 is 0 Å². The van der Waals surface area contributed by atoms with E-state index in [4.69, 9.17) is 24.7 Å². The molecule has 0 bridgehead atoms. The zero-order valence-electron chi connectivity index (χ0n) is 21.1. The summed E-state index contributed by atoms with van der Waals surface area (Å²) in [4.78, 5) is 12.3. The van der Waals surface area contributed by atoms with E-state index in [1.165, 1.54) is 6.08 Å². The average molecular weight is 555 g/mol. The fraction of sp³-hybridized carbons (Fsp3) is 0.870. The Morgan fingerprint density at radius 3 is 2.16 bits per heavy atom. The standard InChI is InChI=1S/C23H42N2O13/c1-2-12(28)11(25-15(29)6-4-3-5-7-24)10-35-22-20(34)18(32)21(14(9-27)37-22)38-23-19(33)17(31)16(30)13(8-26)36-23/h2,11-14,16-23,26-28,30-34H,1,3-10,24H2,(H,25,29)/t11-,12+,13+,14+,16-,17-,18+,19+,20+,21+,22+,23-/m0/s1. The first kappa shape index (κ1) is 32.9. The van der Waals surface area contributed by atoms with E-state index in [0.29, 0.717) is 13.0 Å². The number of hydrogen-bond acceptors (Lipinski definition) is 14. The van der Waals surface area contributed by atoms with Crippen LogP contribution in [0, 0.1) is 0 Å². The van der Waals surface area contributed by atoms with E-state index < -0.39 is 86.8 Å². The first-order valence-corrected chi connectivity index (χ1v) is 12.6. The molecule has 2 aliphatic rings. The smallest absolute Gasteiger partial charge is 0.220 e. The van der Waals surface area contributed by atoms with Gasteiger partial charge in [-0.15, -0.1) is 6.58 Å². The van der Waals surface area contributed by atoms with Crippen molar-refractivity contribution in [2.75, 3.05) is 26.4 Å². The van der Waals surface area contributed by atoms with Crippen LogP contribution in [0.1, 0.15) is 25.7 Å². The molecule has 2 saturated heterocycles. The fourth-order valence-electron chi connectivity index (χ4n) is 4.17. The lowest BCUT2D eigenvalue weighted by atomic mass is 9.97. The largest absolute Gasteiger partial charge is 0.394 e. The molecule has 2 fully saturated rings. The van der Waals surface area contributed by atoms with Gasteiger partial charge in [-0.05, 0) is 19.4 Å². The van der Waals surface area contributed by atoms with Gasteiger partial charge in [0.05, 0.1) is 32.0 Å². The first-order chi connectivity index (χ1) is 18.1. The minimum Gasteiger partial charge on any atom is -0.394 e. The van der Waals surface area contributed by atoms with Crippen molar-refractivity contribution in [2.24, 2.45) is 5.73 Å². The lowest BCUT2D eigenvalue weighted by molar-refractivity contribution is -0.359. The van der Waals surface area contributed by atoms with E-state index >= 15 is 0 Å². The molecule has 0 aromatic carbocycles. The number of carbonyl (C=O) groups is 1. The summed E-state index contributed by atoms with van der Waals surface area (Å²) in [6.07, 6.45) is -13.6. The number of hydrogen-bond donors (Lipinski definition) is 10. The second-order valence-corrected chi connectivity index (χ2v) is 9.34. The SMILES string of the molecule is C=C[C@@H](O)[C@H](CO[C@@H]1O[C@H](CO)[C@@H](O[C@@H]2O[C@H](CO)[C@H](O)[C@H](O)[C@H]2O)[C@H](O)[C@H]1O)NC(=O)CCCCCN. The van der Waals surface area contributed by atoms with Gasteiger partial charge in [-0.1, -0.05) is 12.5 Å². The van der Waals surface area contributed by atoms with Crippen molar-refractivity contribution in [3.63, 3.8) is 0 Å². The third-order valence-corrected chi connectivity index (χ3v) is 6.51. The Morgan fingerprint density at radius 1 is 0.921 bits per heavy atom. The molecule has 15 nitrogen and oxygen atoms in total. The highest BCUT2D eigenvalue weighted by Crippen LogP contribution is 2.29. The van der Waals surface area contributed by atoms with E-state index in [2.05, 4.69) is 11.9 Å². The maximum Gasteiger partial charge on any atom is 0.220 e. The highest BCUT2D eigenvalue weighted by molar-refractivity contribution is 5.76. The molecule has 0 aliphatic carbocycles.